The van der Waals surface area contributed by atoms with Crippen LogP contribution < -0.4 is 0 Å². The first-order chi connectivity index (χ1) is 5.41. The Morgan fingerprint density at radius 2 is 1.92 bits per heavy atom. The molecule has 0 aliphatic rings. The maximum Gasteiger partial charge on any atom is 0.419 e. The molecule has 1 nitrogen and oxygen atoms in total. The molecule has 0 saturated carbocycles. The van der Waals surface area contributed by atoms with Gasteiger partial charge in [-0.3, -0.25) is 0 Å². The summed E-state index contributed by atoms with van der Waals surface area (Å²) >= 11 is 2.71. The second-order valence-corrected chi connectivity index (χ2v) is 2.80. The summed E-state index contributed by atoms with van der Waals surface area (Å²) in [5, 5.41) is 0. The molecular formula is C6H2BrF4N. The van der Waals surface area contributed by atoms with Gasteiger partial charge in [-0.15, -0.1) is 0 Å². The molecule has 0 bridgehead atoms. The molecule has 0 spiro atoms. The SMILES string of the molecule is Fc1cnc(Br)cc1C(F)(F)F. The smallest absolute Gasteiger partial charge is 0.246 e. The van der Waals surface area contributed by atoms with Crippen LogP contribution in [0.2, 0.25) is 0 Å². The van der Waals surface area contributed by atoms with Gasteiger partial charge in [-0.05, 0) is 22.0 Å². The summed E-state index contributed by atoms with van der Waals surface area (Å²) in [7, 11) is 0. The van der Waals surface area contributed by atoms with E-state index in [1.165, 1.54) is 0 Å². The van der Waals surface area contributed by atoms with E-state index in [0.29, 0.717) is 12.3 Å². The van der Waals surface area contributed by atoms with E-state index in [4.69, 9.17) is 0 Å². The molecule has 0 saturated heterocycles. The number of rotatable bonds is 0. The molecule has 1 aromatic rings. The molecule has 1 heterocycles. The Bertz CT molecular complexity index is 296. The molecule has 0 aromatic carbocycles. The van der Waals surface area contributed by atoms with Crippen LogP contribution in [0.25, 0.3) is 0 Å². The van der Waals surface area contributed by atoms with E-state index in [1.54, 1.807) is 0 Å². The third-order valence-electron chi connectivity index (χ3n) is 1.13. The van der Waals surface area contributed by atoms with Gasteiger partial charge in [0.15, 0.2) is 5.82 Å². The largest absolute Gasteiger partial charge is 0.419 e. The topological polar surface area (TPSA) is 12.9 Å². The molecule has 0 atom stereocenters. The second kappa shape index (κ2) is 3.01. The Hall–Kier alpha value is -0.650. The molecule has 0 unspecified atom stereocenters. The van der Waals surface area contributed by atoms with Crippen molar-refractivity contribution in [3.8, 4) is 0 Å². The van der Waals surface area contributed by atoms with Crippen LogP contribution in [0, 0.1) is 5.82 Å². The lowest BCUT2D eigenvalue weighted by molar-refractivity contribution is -0.140. The summed E-state index contributed by atoms with van der Waals surface area (Å²) in [5.41, 5.74) is -1.32. The van der Waals surface area contributed by atoms with Crippen molar-refractivity contribution in [3.63, 3.8) is 0 Å². The van der Waals surface area contributed by atoms with E-state index in [2.05, 4.69) is 20.9 Å². The van der Waals surface area contributed by atoms with Crippen LogP contribution in [0.5, 0.6) is 0 Å². The molecule has 1 aromatic heterocycles. The minimum absolute atomic E-state index is 0.0452. The highest BCUT2D eigenvalue weighted by Gasteiger charge is 2.34. The number of alkyl halides is 3. The summed E-state index contributed by atoms with van der Waals surface area (Å²) in [5.74, 6) is -1.37. The molecule has 1 rings (SSSR count). The summed E-state index contributed by atoms with van der Waals surface area (Å²) in [6.45, 7) is 0. The number of nitrogens with zero attached hydrogens (tertiary/aromatic N) is 1. The van der Waals surface area contributed by atoms with E-state index < -0.39 is 17.6 Å². The predicted octanol–water partition coefficient (Wildman–Crippen LogP) is 3.00. The first-order valence-corrected chi connectivity index (χ1v) is 3.59. The fourth-order valence-corrected chi connectivity index (χ4v) is 0.962. The van der Waals surface area contributed by atoms with E-state index in [9.17, 15) is 17.6 Å². The Morgan fingerprint density at radius 3 is 2.33 bits per heavy atom. The lowest BCUT2D eigenvalue weighted by atomic mass is 10.2. The molecular weight excluding hydrogens is 242 g/mol. The summed E-state index contributed by atoms with van der Waals surface area (Å²) in [4.78, 5) is 3.29. The highest BCUT2D eigenvalue weighted by atomic mass is 79.9. The lowest BCUT2D eigenvalue weighted by Gasteiger charge is -2.06. The average Bonchev–Trinajstić information content (AvgIpc) is 1.92. The first-order valence-electron chi connectivity index (χ1n) is 2.79. The van der Waals surface area contributed by atoms with Crippen LogP contribution >= 0.6 is 15.9 Å². The Kier molecular flexibility index (Phi) is 2.36. The zero-order valence-corrected chi connectivity index (χ0v) is 7.08. The molecule has 12 heavy (non-hydrogen) atoms. The summed E-state index contributed by atoms with van der Waals surface area (Å²) in [6.07, 6.45) is -4.15. The van der Waals surface area contributed by atoms with Crippen molar-refractivity contribution in [1.82, 2.24) is 4.98 Å². The van der Waals surface area contributed by atoms with Gasteiger partial charge in [0.25, 0.3) is 0 Å². The lowest BCUT2D eigenvalue weighted by Crippen LogP contribution is -2.08. The van der Waals surface area contributed by atoms with E-state index in [1.807, 2.05) is 0 Å². The van der Waals surface area contributed by atoms with Crippen molar-refractivity contribution in [3.05, 3.63) is 28.2 Å². The molecule has 66 valence electrons. The van der Waals surface area contributed by atoms with E-state index in [-0.39, 0.29) is 4.60 Å². The Morgan fingerprint density at radius 1 is 1.33 bits per heavy atom. The molecule has 0 fully saturated rings. The zero-order valence-electron chi connectivity index (χ0n) is 5.49. The normalized spacial score (nSPS) is 11.8. The monoisotopic (exact) mass is 243 g/mol. The second-order valence-electron chi connectivity index (χ2n) is 1.98. The molecule has 0 aliphatic heterocycles. The standard InChI is InChI=1S/C6H2BrF4N/c7-5-1-3(6(9,10)11)4(8)2-12-5/h1-2H. The number of pyridine rings is 1. The van der Waals surface area contributed by atoms with Gasteiger partial charge in [0.1, 0.15) is 4.60 Å². The highest BCUT2D eigenvalue weighted by molar-refractivity contribution is 9.10. The minimum Gasteiger partial charge on any atom is -0.246 e. The number of hydrogen-bond acceptors (Lipinski definition) is 1. The fourth-order valence-electron chi connectivity index (χ4n) is 0.630. The van der Waals surface area contributed by atoms with E-state index >= 15 is 0 Å². The molecule has 0 N–H and O–H groups in total. The van der Waals surface area contributed by atoms with Crippen molar-refractivity contribution in [2.45, 2.75) is 6.18 Å². The van der Waals surface area contributed by atoms with Crippen LogP contribution in [-0.4, -0.2) is 4.98 Å². The van der Waals surface area contributed by atoms with Crippen molar-refractivity contribution < 1.29 is 17.6 Å². The molecule has 0 amide bonds. The molecule has 0 aliphatic carbocycles. The number of halogens is 5. The Balaban J connectivity index is 3.23. The third-order valence-corrected chi connectivity index (χ3v) is 1.56. The number of hydrogen-bond donors (Lipinski definition) is 0. The highest BCUT2D eigenvalue weighted by Crippen LogP contribution is 2.31. The predicted molar refractivity (Wildman–Crippen MR) is 36.9 cm³/mol. The summed E-state index contributed by atoms with van der Waals surface area (Å²) < 4.78 is 48.2. The van der Waals surface area contributed by atoms with Gasteiger partial charge < -0.3 is 0 Å². The van der Waals surface area contributed by atoms with Gasteiger partial charge in [0.05, 0.1) is 11.8 Å². The van der Waals surface area contributed by atoms with Crippen molar-refractivity contribution in [1.29, 1.82) is 0 Å². The van der Waals surface area contributed by atoms with Gasteiger partial charge in [-0.25, -0.2) is 9.37 Å². The van der Waals surface area contributed by atoms with Gasteiger partial charge in [0, 0.05) is 0 Å². The van der Waals surface area contributed by atoms with Crippen LogP contribution in [0.15, 0.2) is 16.9 Å². The maximum atomic E-state index is 12.5. The minimum atomic E-state index is -4.67. The average molecular weight is 244 g/mol. The molecule has 0 radical (unpaired) electrons. The fraction of sp³-hybridized carbons (Fsp3) is 0.167. The van der Waals surface area contributed by atoms with Gasteiger partial charge in [0.2, 0.25) is 0 Å². The van der Waals surface area contributed by atoms with Gasteiger partial charge >= 0.3 is 6.18 Å². The Labute approximate surface area is 73.5 Å². The van der Waals surface area contributed by atoms with Crippen molar-refractivity contribution >= 4 is 15.9 Å². The van der Waals surface area contributed by atoms with Gasteiger partial charge in [-0.1, -0.05) is 0 Å². The van der Waals surface area contributed by atoms with Crippen molar-refractivity contribution in [2.24, 2.45) is 0 Å². The summed E-state index contributed by atoms with van der Waals surface area (Å²) in [6, 6.07) is 0.593. The van der Waals surface area contributed by atoms with Crippen LogP contribution in [-0.2, 0) is 6.18 Å². The molecule has 6 heteroatoms. The van der Waals surface area contributed by atoms with Crippen LogP contribution in [0.4, 0.5) is 17.6 Å². The maximum absolute atomic E-state index is 12.5. The first kappa shape index (κ1) is 9.44. The van der Waals surface area contributed by atoms with Gasteiger partial charge in [-0.2, -0.15) is 13.2 Å². The van der Waals surface area contributed by atoms with Crippen molar-refractivity contribution in [2.75, 3.05) is 0 Å². The van der Waals surface area contributed by atoms with Crippen LogP contribution in [0.3, 0.4) is 0 Å². The van der Waals surface area contributed by atoms with E-state index in [0.717, 1.165) is 0 Å². The number of aromatic nitrogens is 1. The quantitative estimate of drug-likeness (QED) is 0.505. The zero-order chi connectivity index (χ0) is 9.35. The third kappa shape index (κ3) is 1.94. The van der Waals surface area contributed by atoms with Crippen LogP contribution in [0.1, 0.15) is 5.56 Å².